The van der Waals surface area contributed by atoms with E-state index in [1.807, 2.05) is 51.1 Å². The smallest absolute Gasteiger partial charge is 0.241 e. The molecule has 7 heteroatoms. The van der Waals surface area contributed by atoms with Crippen molar-refractivity contribution in [3.63, 3.8) is 0 Å². The van der Waals surface area contributed by atoms with Gasteiger partial charge in [-0.1, -0.05) is 42.5 Å². The van der Waals surface area contributed by atoms with E-state index in [1.54, 1.807) is 19.1 Å². The van der Waals surface area contributed by atoms with Crippen molar-refractivity contribution in [3.05, 3.63) is 94.0 Å². The van der Waals surface area contributed by atoms with Gasteiger partial charge in [-0.05, 0) is 92.6 Å². The Balaban J connectivity index is 1.88. The summed E-state index contributed by atoms with van der Waals surface area (Å²) in [6, 6.07) is 16.9. The van der Waals surface area contributed by atoms with E-state index in [-0.39, 0.29) is 23.3 Å². The van der Waals surface area contributed by atoms with Crippen LogP contribution in [0.15, 0.2) is 65.6 Å². The molecule has 0 aromatic heterocycles. The predicted octanol–water partition coefficient (Wildman–Crippen LogP) is 4.70. The standard InChI is InChI=1S/C28H34N2O4S/c1-18-14-20(3)25(16-19(18)2)22(5)29-28(31)26(17-23-10-8-7-9-11-23)30-35(32,33)24-12-13-27(34-6)21(4)15-24/h7-16,22,26,30H,17H2,1-6H3,(H,29,31). The van der Waals surface area contributed by atoms with Gasteiger partial charge in [-0.15, -0.1) is 0 Å². The lowest BCUT2D eigenvalue weighted by Gasteiger charge is -2.23. The van der Waals surface area contributed by atoms with E-state index < -0.39 is 16.1 Å². The molecular weight excluding hydrogens is 460 g/mol. The monoisotopic (exact) mass is 494 g/mol. The lowest BCUT2D eigenvalue weighted by Crippen LogP contribution is -2.48. The van der Waals surface area contributed by atoms with Crippen LogP contribution in [0.1, 0.15) is 46.3 Å². The minimum atomic E-state index is -3.96. The van der Waals surface area contributed by atoms with E-state index in [1.165, 1.54) is 18.7 Å². The second-order valence-corrected chi connectivity index (χ2v) is 10.7. The van der Waals surface area contributed by atoms with Gasteiger partial charge in [0.15, 0.2) is 0 Å². The number of benzene rings is 3. The first-order chi connectivity index (χ1) is 16.5. The minimum absolute atomic E-state index is 0.0831. The Morgan fingerprint density at radius 3 is 2.17 bits per heavy atom. The van der Waals surface area contributed by atoms with Crippen molar-refractivity contribution in [3.8, 4) is 5.75 Å². The van der Waals surface area contributed by atoms with E-state index in [0.29, 0.717) is 11.3 Å². The number of nitrogens with one attached hydrogen (secondary N) is 2. The molecule has 2 atom stereocenters. The molecule has 3 rings (SSSR count). The largest absolute Gasteiger partial charge is 0.496 e. The van der Waals surface area contributed by atoms with Crippen LogP contribution in [-0.2, 0) is 21.2 Å². The Morgan fingerprint density at radius 2 is 1.54 bits per heavy atom. The minimum Gasteiger partial charge on any atom is -0.496 e. The highest BCUT2D eigenvalue weighted by Gasteiger charge is 2.28. The first-order valence-electron chi connectivity index (χ1n) is 11.6. The Kier molecular flexibility index (Phi) is 8.35. The van der Waals surface area contributed by atoms with Gasteiger partial charge in [-0.25, -0.2) is 8.42 Å². The van der Waals surface area contributed by atoms with Crippen LogP contribution in [0, 0.1) is 27.7 Å². The highest BCUT2D eigenvalue weighted by Crippen LogP contribution is 2.23. The molecular formula is C28H34N2O4S. The molecule has 0 saturated carbocycles. The third-order valence-electron chi connectivity index (χ3n) is 6.28. The van der Waals surface area contributed by atoms with Crippen LogP contribution in [0.5, 0.6) is 5.75 Å². The van der Waals surface area contributed by atoms with E-state index in [0.717, 1.165) is 22.3 Å². The lowest BCUT2D eigenvalue weighted by atomic mass is 9.96. The number of hydrogen-bond donors (Lipinski definition) is 2. The van der Waals surface area contributed by atoms with Crippen LogP contribution in [0.4, 0.5) is 0 Å². The van der Waals surface area contributed by atoms with Gasteiger partial charge >= 0.3 is 0 Å². The van der Waals surface area contributed by atoms with Gasteiger partial charge in [0.2, 0.25) is 15.9 Å². The van der Waals surface area contributed by atoms with E-state index in [2.05, 4.69) is 29.1 Å². The summed E-state index contributed by atoms with van der Waals surface area (Å²) in [4.78, 5) is 13.5. The molecule has 2 unspecified atom stereocenters. The highest BCUT2D eigenvalue weighted by molar-refractivity contribution is 7.89. The first kappa shape index (κ1) is 26.4. The average molecular weight is 495 g/mol. The molecule has 3 aromatic rings. The summed E-state index contributed by atoms with van der Waals surface area (Å²) < 4.78 is 34.4. The predicted molar refractivity (Wildman–Crippen MR) is 139 cm³/mol. The molecule has 186 valence electrons. The second-order valence-electron chi connectivity index (χ2n) is 9.02. The maximum Gasteiger partial charge on any atom is 0.241 e. The zero-order valence-electron chi connectivity index (χ0n) is 21.2. The number of carbonyl (C=O) groups excluding carboxylic acids is 1. The summed E-state index contributed by atoms with van der Waals surface area (Å²) in [6.45, 7) is 9.80. The van der Waals surface area contributed by atoms with Gasteiger partial charge < -0.3 is 10.1 Å². The molecule has 2 N–H and O–H groups in total. The lowest BCUT2D eigenvalue weighted by molar-refractivity contribution is -0.123. The van der Waals surface area contributed by atoms with E-state index in [4.69, 9.17) is 4.74 Å². The van der Waals surface area contributed by atoms with Crippen LogP contribution in [0.2, 0.25) is 0 Å². The Hall–Kier alpha value is -3.16. The van der Waals surface area contributed by atoms with Gasteiger partial charge in [0.1, 0.15) is 11.8 Å². The molecule has 6 nitrogen and oxygen atoms in total. The molecule has 0 spiro atoms. The van der Waals surface area contributed by atoms with Gasteiger partial charge in [0, 0.05) is 0 Å². The zero-order valence-corrected chi connectivity index (χ0v) is 22.0. The maximum atomic E-state index is 13.4. The number of amides is 1. The normalized spacial score (nSPS) is 13.2. The molecule has 0 aliphatic heterocycles. The third kappa shape index (κ3) is 6.50. The van der Waals surface area contributed by atoms with Crippen molar-refractivity contribution in [2.75, 3.05) is 7.11 Å². The molecule has 35 heavy (non-hydrogen) atoms. The Bertz CT molecular complexity index is 1300. The van der Waals surface area contributed by atoms with Crippen molar-refractivity contribution in [2.45, 2.75) is 58.0 Å². The SMILES string of the molecule is COc1ccc(S(=O)(=O)NC(Cc2ccccc2)C(=O)NC(C)c2cc(C)c(C)cc2C)cc1C. The van der Waals surface area contributed by atoms with Crippen molar-refractivity contribution in [1.82, 2.24) is 10.0 Å². The van der Waals surface area contributed by atoms with Crippen molar-refractivity contribution in [1.29, 1.82) is 0 Å². The molecule has 3 aromatic carbocycles. The summed E-state index contributed by atoms with van der Waals surface area (Å²) in [5, 5.41) is 3.02. The highest BCUT2D eigenvalue weighted by atomic mass is 32.2. The van der Waals surface area contributed by atoms with Gasteiger partial charge in [0.05, 0.1) is 18.0 Å². The van der Waals surface area contributed by atoms with Gasteiger partial charge in [-0.2, -0.15) is 4.72 Å². The van der Waals surface area contributed by atoms with Crippen LogP contribution in [-0.4, -0.2) is 27.5 Å². The maximum absolute atomic E-state index is 13.4. The topological polar surface area (TPSA) is 84.5 Å². The van der Waals surface area contributed by atoms with Crippen LogP contribution < -0.4 is 14.8 Å². The molecule has 0 heterocycles. The summed E-state index contributed by atoms with van der Waals surface area (Å²) in [5.74, 6) is 0.216. The second kappa shape index (κ2) is 11.1. The number of sulfonamides is 1. The summed E-state index contributed by atoms with van der Waals surface area (Å²) >= 11 is 0. The van der Waals surface area contributed by atoms with Crippen molar-refractivity contribution in [2.24, 2.45) is 0 Å². The molecule has 0 radical (unpaired) electrons. The number of aryl methyl sites for hydroxylation is 4. The molecule has 1 amide bonds. The number of hydrogen-bond acceptors (Lipinski definition) is 4. The summed E-state index contributed by atoms with van der Waals surface area (Å²) in [5.41, 5.74) is 5.97. The van der Waals surface area contributed by atoms with Gasteiger partial charge in [-0.3, -0.25) is 4.79 Å². The third-order valence-corrected chi connectivity index (χ3v) is 7.75. The van der Waals surface area contributed by atoms with Crippen LogP contribution in [0.3, 0.4) is 0 Å². The quantitative estimate of drug-likeness (QED) is 0.452. The molecule has 0 saturated heterocycles. The number of ether oxygens (including phenoxy) is 1. The molecule has 0 bridgehead atoms. The van der Waals surface area contributed by atoms with Crippen molar-refractivity contribution >= 4 is 15.9 Å². The number of carbonyl (C=O) groups is 1. The average Bonchev–Trinajstić information content (AvgIpc) is 2.81. The molecule has 0 aliphatic carbocycles. The summed E-state index contributed by atoms with van der Waals surface area (Å²) in [7, 11) is -2.42. The first-order valence-corrected chi connectivity index (χ1v) is 13.1. The molecule has 0 aliphatic rings. The number of rotatable bonds is 9. The Morgan fingerprint density at radius 1 is 0.886 bits per heavy atom. The fourth-order valence-electron chi connectivity index (χ4n) is 4.15. The van der Waals surface area contributed by atoms with Gasteiger partial charge in [0.25, 0.3) is 0 Å². The van der Waals surface area contributed by atoms with Crippen molar-refractivity contribution < 1.29 is 17.9 Å². The zero-order chi connectivity index (χ0) is 25.8. The fourth-order valence-corrected chi connectivity index (χ4v) is 5.43. The van der Waals surface area contributed by atoms with E-state index in [9.17, 15) is 13.2 Å². The van der Waals surface area contributed by atoms with Crippen LogP contribution in [0.25, 0.3) is 0 Å². The van der Waals surface area contributed by atoms with E-state index >= 15 is 0 Å². The Labute approximate surface area is 208 Å². The summed E-state index contributed by atoms with van der Waals surface area (Å²) in [6.07, 6.45) is 0.222. The molecule has 0 fully saturated rings. The fraction of sp³-hybridized carbons (Fsp3) is 0.321. The van der Waals surface area contributed by atoms with Crippen LogP contribution >= 0.6 is 0 Å². The number of methoxy groups -OCH3 is 1.